The van der Waals surface area contributed by atoms with Gasteiger partial charge in [0, 0.05) is 26.1 Å². The lowest BCUT2D eigenvalue weighted by Gasteiger charge is -2.34. The number of carbonyl (C=O) groups is 1. The van der Waals surface area contributed by atoms with E-state index in [-0.39, 0.29) is 17.9 Å². The van der Waals surface area contributed by atoms with Crippen molar-refractivity contribution in [1.29, 1.82) is 0 Å². The van der Waals surface area contributed by atoms with Crippen molar-refractivity contribution in [3.8, 4) is 0 Å². The molecule has 1 atom stereocenters. The summed E-state index contributed by atoms with van der Waals surface area (Å²) in [6.45, 7) is 6.55. The number of amides is 1. The summed E-state index contributed by atoms with van der Waals surface area (Å²) in [5.41, 5.74) is 2.90. The standard InChI is InChI=1S/C23H30N2O3S/c1-17-10-11-22(18(2)16-17)29(27,28)25-14-12-21(13-15-25)23(26)24(4)19(3)20-8-6-5-7-9-20/h5-11,16,19,21H,12-15H2,1-4H3. The summed E-state index contributed by atoms with van der Waals surface area (Å²) in [6.07, 6.45) is 1.10. The lowest BCUT2D eigenvalue weighted by atomic mass is 9.95. The van der Waals surface area contributed by atoms with Gasteiger partial charge in [-0.15, -0.1) is 0 Å². The first-order valence-corrected chi connectivity index (χ1v) is 11.5. The second-order valence-corrected chi connectivity index (χ2v) is 9.89. The van der Waals surface area contributed by atoms with E-state index in [9.17, 15) is 13.2 Å². The van der Waals surface area contributed by atoms with E-state index >= 15 is 0 Å². The molecule has 0 N–H and O–H groups in total. The predicted octanol–water partition coefficient (Wildman–Crippen LogP) is 3.92. The number of aryl methyl sites for hydroxylation is 2. The number of hydrogen-bond acceptors (Lipinski definition) is 3. The monoisotopic (exact) mass is 414 g/mol. The van der Waals surface area contributed by atoms with Crippen molar-refractivity contribution in [2.45, 2.75) is 44.6 Å². The summed E-state index contributed by atoms with van der Waals surface area (Å²) in [5.74, 6) is -0.0540. The van der Waals surface area contributed by atoms with Crippen molar-refractivity contribution in [3.05, 3.63) is 65.2 Å². The van der Waals surface area contributed by atoms with Gasteiger partial charge in [-0.25, -0.2) is 8.42 Å². The lowest BCUT2D eigenvalue weighted by molar-refractivity contribution is -0.137. The molecule has 0 aromatic heterocycles. The molecular formula is C23H30N2O3S. The van der Waals surface area contributed by atoms with E-state index < -0.39 is 10.0 Å². The van der Waals surface area contributed by atoms with Crippen LogP contribution in [0.3, 0.4) is 0 Å². The van der Waals surface area contributed by atoms with Crippen molar-refractivity contribution in [2.75, 3.05) is 20.1 Å². The van der Waals surface area contributed by atoms with Crippen LogP contribution in [-0.4, -0.2) is 43.7 Å². The number of piperidine rings is 1. The van der Waals surface area contributed by atoms with Gasteiger partial charge < -0.3 is 4.90 Å². The molecule has 1 aliphatic rings. The zero-order valence-electron chi connectivity index (χ0n) is 17.6. The average molecular weight is 415 g/mol. The highest BCUT2D eigenvalue weighted by molar-refractivity contribution is 7.89. The predicted molar refractivity (Wildman–Crippen MR) is 115 cm³/mol. The Balaban J connectivity index is 1.66. The van der Waals surface area contributed by atoms with Crippen LogP contribution < -0.4 is 0 Å². The SMILES string of the molecule is Cc1ccc(S(=O)(=O)N2CCC(C(=O)N(C)C(C)c3ccccc3)CC2)c(C)c1. The molecule has 0 radical (unpaired) electrons. The molecule has 6 heteroatoms. The highest BCUT2D eigenvalue weighted by Gasteiger charge is 2.34. The Bertz CT molecular complexity index is 965. The van der Waals surface area contributed by atoms with Crippen LogP contribution in [0, 0.1) is 19.8 Å². The summed E-state index contributed by atoms with van der Waals surface area (Å²) in [6, 6.07) is 15.3. The molecule has 1 heterocycles. The second kappa shape index (κ2) is 8.67. The van der Waals surface area contributed by atoms with Gasteiger partial charge in [0.05, 0.1) is 10.9 Å². The maximum absolute atomic E-state index is 13.1. The van der Waals surface area contributed by atoms with Gasteiger partial charge in [-0.05, 0) is 50.8 Å². The summed E-state index contributed by atoms with van der Waals surface area (Å²) in [5, 5.41) is 0. The molecule has 2 aromatic rings. The van der Waals surface area contributed by atoms with Gasteiger partial charge in [0.2, 0.25) is 15.9 Å². The van der Waals surface area contributed by atoms with Crippen molar-refractivity contribution in [2.24, 2.45) is 5.92 Å². The lowest BCUT2D eigenvalue weighted by Crippen LogP contribution is -2.44. The van der Waals surface area contributed by atoms with Crippen molar-refractivity contribution in [3.63, 3.8) is 0 Å². The number of hydrogen-bond donors (Lipinski definition) is 0. The van der Waals surface area contributed by atoms with Crippen LogP contribution >= 0.6 is 0 Å². The van der Waals surface area contributed by atoms with E-state index in [1.807, 2.05) is 70.3 Å². The average Bonchev–Trinajstić information content (AvgIpc) is 2.72. The van der Waals surface area contributed by atoms with Gasteiger partial charge in [0.1, 0.15) is 0 Å². The minimum atomic E-state index is -3.53. The van der Waals surface area contributed by atoms with Crippen LogP contribution in [0.25, 0.3) is 0 Å². The molecule has 29 heavy (non-hydrogen) atoms. The molecule has 1 unspecified atom stereocenters. The molecule has 1 saturated heterocycles. The fraction of sp³-hybridized carbons (Fsp3) is 0.435. The summed E-state index contributed by atoms with van der Waals surface area (Å²) < 4.78 is 27.6. The Morgan fingerprint density at radius 1 is 1.07 bits per heavy atom. The summed E-state index contributed by atoms with van der Waals surface area (Å²) >= 11 is 0. The Morgan fingerprint density at radius 2 is 1.69 bits per heavy atom. The number of carbonyl (C=O) groups excluding carboxylic acids is 1. The van der Waals surface area contributed by atoms with Crippen LogP contribution in [0.15, 0.2) is 53.4 Å². The highest BCUT2D eigenvalue weighted by Crippen LogP contribution is 2.29. The number of rotatable bonds is 5. The van der Waals surface area contributed by atoms with Gasteiger partial charge in [-0.2, -0.15) is 4.31 Å². The first kappa shape index (κ1) is 21.5. The van der Waals surface area contributed by atoms with Crippen molar-refractivity contribution >= 4 is 15.9 Å². The molecule has 156 valence electrons. The molecule has 0 saturated carbocycles. The van der Waals surface area contributed by atoms with E-state index in [4.69, 9.17) is 0 Å². The maximum Gasteiger partial charge on any atom is 0.243 e. The molecule has 2 aromatic carbocycles. The van der Waals surface area contributed by atoms with Crippen molar-refractivity contribution in [1.82, 2.24) is 9.21 Å². The van der Waals surface area contributed by atoms with E-state index in [0.29, 0.717) is 30.8 Å². The van der Waals surface area contributed by atoms with Gasteiger partial charge in [0.15, 0.2) is 0 Å². The normalized spacial score (nSPS) is 17.1. The van der Waals surface area contributed by atoms with Crippen LogP contribution in [-0.2, 0) is 14.8 Å². The maximum atomic E-state index is 13.1. The molecule has 0 aliphatic carbocycles. The van der Waals surface area contributed by atoms with Gasteiger partial charge in [-0.3, -0.25) is 4.79 Å². The smallest absolute Gasteiger partial charge is 0.243 e. The van der Waals surface area contributed by atoms with E-state index in [1.54, 1.807) is 11.0 Å². The number of sulfonamides is 1. The zero-order chi connectivity index (χ0) is 21.2. The van der Waals surface area contributed by atoms with Crippen molar-refractivity contribution < 1.29 is 13.2 Å². The molecule has 0 spiro atoms. The quantitative estimate of drug-likeness (QED) is 0.745. The second-order valence-electron chi connectivity index (χ2n) is 7.98. The minimum absolute atomic E-state index is 0.0133. The summed E-state index contributed by atoms with van der Waals surface area (Å²) in [7, 11) is -1.70. The zero-order valence-corrected chi connectivity index (χ0v) is 18.4. The van der Waals surface area contributed by atoms with Gasteiger partial charge >= 0.3 is 0 Å². The molecule has 5 nitrogen and oxygen atoms in total. The van der Waals surface area contributed by atoms with Gasteiger partial charge in [0.25, 0.3) is 0 Å². The first-order valence-electron chi connectivity index (χ1n) is 10.1. The highest BCUT2D eigenvalue weighted by atomic mass is 32.2. The molecule has 3 rings (SSSR count). The van der Waals surface area contributed by atoms with Crippen LogP contribution in [0.1, 0.15) is 42.5 Å². The molecule has 1 aliphatic heterocycles. The van der Waals surface area contributed by atoms with E-state index in [0.717, 1.165) is 16.7 Å². The third kappa shape index (κ3) is 4.54. The number of benzene rings is 2. The number of nitrogens with zero attached hydrogens (tertiary/aromatic N) is 2. The van der Waals surface area contributed by atoms with Crippen LogP contribution in [0.2, 0.25) is 0 Å². The Kier molecular flexibility index (Phi) is 6.44. The Hall–Kier alpha value is -2.18. The minimum Gasteiger partial charge on any atom is -0.339 e. The fourth-order valence-electron chi connectivity index (χ4n) is 4.00. The van der Waals surface area contributed by atoms with Crippen LogP contribution in [0.4, 0.5) is 0 Å². The molecular weight excluding hydrogens is 384 g/mol. The van der Waals surface area contributed by atoms with E-state index in [2.05, 4.69) is 0 Å². The molecule has 1 fully saturated rings. The molecule has 0 bridgehead atoms. The third-order valence-corrected chi connectivity index (χ3v) is 8.02. The third-order valence-electron chi connectivity index (χ3n) is 5.96. The molecule has 1 amide bonds. The van der Waals surface area contributed by atoms with E-state index in [1.165, 1.54) is 4.31 Å². The Morgan fingerprint density at radius 3 is 2.28 bits per heavy atom. The largest absolute Gasteiger partial charge is 0.339 e. The fourth-order valence-corrected chi connectivity index (χ4v) is 5.68. The first-order chi connectivity index (χ1) is 13.7. The van der Waals surface area contributed by atoms with Crippen LogP contribution in [0.5, 0.6) is 0 Å². The summed E-state index contributed by atoms with van der Waals surface area (Å²) in [4.78, 5) is 15.1. The Labute approximate surface area is 174 Å². The van der Waals surface area contributed by atoms with Gasteiger partial charge in [-0.1, -0.05) is 48.0 Å². The topological polar surface area (TPSA) is 57.7 Å².